The van der Waals surface area contributed by atoms with Crippen LogP contribution in [-0.4, -0.2) is 46.3 Å². The van der Waals surface area contributed by atoms with Gasteiger partial charge in [-0.05, 0) is 61.0 Å². The molecular formula is C28H30N2O6S. The molecule has 0 bridgehead atoms. The maximum atomic E-state index is 13.5. The number of carbonyl (C=O) groups is 2. The lowest BCUT2D eigenvalue weighted by atomic mass is 10.1. The van der Waals surface area contributed by atoms with Crippen LogP contribution >= 0.6 is 11.8 Å². The standard InChI is InChI=1S/C28H30N2O6S/c1-5-36-20-12-10-19(11-13-20)29-26(31)17-30-21-8-6-7-9-24(21)37-25(16-27(30)32)18-14-22(33-2)28(35-4)23(15-18)34-3/h6-15,25H,5,16-17H2,1-4H3,(H,29,31). The minimum absolute atomic E-state index is 0.106. The zero-order valence-corrected chi connectivity index (χ0v) is 22.1. The van der Waals surface area contributed by atoms with Gasteiger partial charge in [0.2, 0.25) is 17.6 Å². The van der Waals surface area contributed by atoms with Gasteiger partial charge in [0.25, 0.3) is 0 Å². The number of benzene rings is 3. The van der Waals surface area contributed by atoms with Crippen LogP contribution < -0.4 is 29.2 Å². The third kappa shape index (κ3) is 5.94. The number of ether oxygens (including phenoxy) is 4. The summed E-state index contributed by atoms with van der Waals surface area (Å²) in [5.74, 6) is 1.82. The van der Waals surface area contributed by atoms with Crippen LogP contribution in [0.25, 0.3) is 0 Å². The predicted molar refractivity (Wildman–Crippen MR) is 144 cm³/mol. The first kappa shape index (κ1) is 26.2. The number of carbonyl (C=O) groups excluding carboxylic acids is 2. The molecule has 0 fully saturated rings. The Bertz CT molecular complexity index is 1240. The molecule has 0 radical (unpaired) electrons. The molecule has 1 unspecified atom stereocenters. The van der Waals surface area contributed by atoms with E-state index in [1.165, 1.54) is 0 Å². The normalized spacial score (nSPS) is 14.9. The van der Waals surface area contributed by atoms with E-state index < -0.39 is 0 Å². The molecule has 3 aromatic carbocycles. The van der Waals surface area contributed by atoms with E-state index in [-0.39, 0.29) is 30.0 Å². The number of thioether (sulfide) groups is 1. The van der Waals surface area contributed by atoms with Gasteiger partial charge in [-0.3, -0.25) is 9.59 Å². The molecular weight excluding hydrogens is 492 g/mol. The number of para-hydroxylation sites is 1. The van der Waals surface area contributed by atoms with E-state index in [4.69, 9.17) is 18.9 Å². The van der Waals surface area contributed by atoms with Gasteiger partial charge < -0.3 is 29.2 Å². The summed E-state index contributed by atoms with van der Waals surface area (Å²) < 4.78 is 21.9. The summed E-state index contributed by atoms with van der Waals surface area (Å²) >= 11 is 1.57. The Kier molecular flexibility index (Phi) is 8.45. The van der Waals surface area contributed by atoms with Crippen LogP contribution in [0.15, 0.2) is 65.6 Å². The minimum Gasteiger partial charge on any atom is -0.494 e. The number of methoxy groups -OCH3 is 3. The van der Waals surface area contributed by atoms with Crippen molar-refractivity contribution in [1.82, 2.24) is 0 Å². The van der Waals surface area contributed by atoms with Gasteiger partial charge in [-0.15, -0.1) is 11.8 Å². The van der Waals surface area contributed by atoms with Gasteiger partial charge >= 0.3 is 0 Å². The summed E-state index contributed by atoms with van der Waals surface area (Å²) in [5, 5.41) is 2.65. The monoisotopic (exact) mass is 522 g/mol. The van der Waals surface area contributed by atoms with E-state index in [9.17, 15) is 9.59 Å². The number of anilines is 2. The average molecular weight is 523 g/mol. The molecule has 194 valence electrons. The number of fused-ring (bicyclic) bond motifs is 1. The van der Waals surface area contributed by atoms with Crippen molar-refractivity contribution in [2.24, 2.45) is 0 Å². The van der Waals surface area contributed by atoms with Gasteiger partial charge in [-0.25, -0.2) is 0 Å². The molecule has 1 N–H and O–H groups in total. The second-order valence-electron chi connectivity index (χ2n) is 8.22. The van der Waals surface area contributed by atoms with E-state index in [2.05, 4.69) is 5.32 Å². The quantitative estimate of drug-likeness (QED) is 0.407. The molecule has 0 spiro atoms. The topological polar surface area (TPSA) is 86.3 Å². The van der Waals surface area contributed by atoms with E-state index in [1.54, 1.807) is 62.3 Å². The fraction of sp³-hybridized carbons (Fsp3) is 0.286. The zero-order chi connectivity index (χ0) is 26.4. The lowest BCUT2D eigenvalue weighted by Gasteiger charge is -2.22. The average Bonchev–Trinajstić information content (AvgIpc) is 3.05. The maximum absolute atomic E-state index is 13.5. The van der Waals surface area contributed by atoms with Crippen molar-refractivity contribution in [3.63, 3.8) is 0 Å². The summed E-state index contributed by atoms with van der Waals surface area (Å²) in [7, 11) is 4.68. The van der Waals surface area contributed by atoms with Crippen molar-refractivity contribution in [2.75, 3.05) is 44.7 Å². The van der Waals surface area contributed by atoms with E-state index in [0.29, 0.717) is 35.2 Å². The van der Waals surface area contributed by atoms with Crippen LogP contribution in [0.2, 0.25) is 0 Å². The molecule has 1 aliphatic rings. The molecule has 1 aliphatic heterocycles. The van der Waals surface area contributed by atoms with Crippen LogP contribution in [0.5, 0.6) is 23.0 Å². The van der Waals surface area contributed by atoms with Gasteiger partial charge in [-0.2, -0.15) is 0 Å². The number of amides is 2. The highest BCUT2D eigenvalue weighted by Crippen LogP contribution is 2.49. The van der Waals surface area contributed by atoms with E-state index in [0.717, 1.165) is 16.2 Å². The molecule has 9 heteroatoms. The zero-order valence-electron chi connectivity index (χ0n) is 21.3. The van der Waals surface area contributed by atoms with Gasteiger partial charge in [0, 0.05) is 22.3 Å². The molecule has 0 saturated carbocycles. The number of nitrogens with one attached hydrogen (secondary N) is 1. The molecule has 0 aromatic heterocycles. The van der Waals surface area contributed by atoms with Gasteiger partial charge in [0.1, 0.15) is 12.3 Å². The highest BCUT2D eigenvalue weighted by Gasteiger charge is 2.31. The Morgan fingerprint density at radius 2 is 1.68 bits per heavy atom. The molecule has 4 rings (SSSR count). The summed E-state index contributed by atoms with van der Waals surface area (Å²) in [6.07, 6.45) is 0.189. The highest BCUT2D eigenvalue weighted by atomic mass is 32.2. The fourth-order valence-corrected chi connectivity index (χ4v) is 5.43. The third-order valence-corrected chi connectivity index (χ3v) is 7.22. The lowest BCUT2D eigenvalue weighted by Crippen LogP contribution is -2.38. The van der Waals surface area contributed by atoms with Crippen LogP contribution in [0, 0.1) is 0 Å². The minimum atomic E-state index is -0.288. The summed E-state index contributed by atoms with van der Waals surface area (Å²) in [5.41, 5.74) is 2.20. The van der Waals surface area contributed by atoms with E-state index in [1.807, 2.05) is 43.3 Å². The van der Waals surface area contributed by atoms with Crippen molar-refractivity contribution >= 4 is 35.0 Å². The van der Waals surface area contributed by atoms with Crippen molar-refractivity contribution < 1.29 is 28.5 Å². The Balaban J connectivity index is 1.58. The Labute approximate surface area is 220 Å². The van der Waals surface area contributed by atoms with Gasteiger partial charge in [-0.1, -0.05) is 12.1 Å². The lowest BCUT2D eigenvalue weighted by molar-refractivity contribution is -0.121. The molecule has 1 heterocycles. The summed E-state index contributed by atoms with van der Waals surface area (Å²) in [4.78, 5) is 28.9. The predicted octanol–water partition coefficient (Wildman–Crippen LogP) is 5.32. The van der Waals surface area contributed by atoms with Crippen molar-refractivity contribution in [3.8, 4) is 23.0 Å². The van der Waals surface area contributed by atoms with Crippen molar-refractivity contribution in [2.45, 2.75) is 23.5 Å². The van der Waals surface area contributed by atoms with Gasteiger partial charge in [0.15, 0.2) is 11.5 Å². The summed E-state index contributed by atoms with van der Waals surface area (Å²) in [6, 6.07) is 18.5. The van der Waals surface area contributed by atoms with E-state index >= 15 is 0 Å². The van der Waals surface area contributed by atoms with Crippen LogP contribution in [0.4, 0.5) is 11.4 Å². The SMILES string of the molecule is CCOc1ccc(NC(=O)CN2C(=O)CC(c3cc(OC)c(OC)c(OC)c3)Sc3ccccc32)cc1. The van der Waals surface area contributed by atoms with Crippen LogP contribution in [-0.2, 0) is 9.59 Å². The Morgan fingerprint density at radius 1 is 1.00 bits per heavy atom. The first-order valence-electron chi connectivity index (χ1n) is 11.9. The van der Waals surface area contributed by atoms with Crippen molar-refractivity contribution in [1.29, 1.82) is 0 Å². The maximum Gasteiger partial charge on any atom is 0.244 e. The fourth-order valence-electron chi connectivity index (χ4n) is 4.17. The van der Waals surface area contributed by atoms with Crippen molar-refractivity contribution in [3.05, 3.63) is 66.2 Å². The number of nitrogens with zero attached hydrogens (tertiary/aromatic N) is 1. The molecule has 0 aliphatic carbocycles. The second kappa shape index (κ2) is 11.9. The summed E-state index contributed by atoms with van der Waals surface area (Å²) in [6.45, 7) is 2.37. The first-order chi connectivity index (χ1) is 18.0. The molecule has 2 amide bonds. The molecule has 3 aromatic rings. The van der Waals surface area contributed by atoms with Crippen LogP contribution in [0.3, 0.4) is 0 Å². The Morgan fingerprint density at radius 3 is 2.30 bits per heavy atom. The van der Waals surface area contributed by atoms with Gasteiger partial charge in [0.05, 0.1) is 33.6 Å². The molecule has 0 saturated heterocycles. The number of hydrogen-bond donors (Lipinski definition) is 1. The molecule has 37 heavy (non-hydrogen) atoms. The molecule has 1 atom stereocenters. The number of rotatable bonds is 9. The third-order valence-electron chi connectivity index (χ3n) is 5.90. The van der Waals surface area contributed by atoms with Crippen LogP contribution in [0.1, 0.15) is 24.2 Å². The highest BCUT2D eigenvalue weighted by molar-refractivity contribution is 7.99. The second-order valence-corrected chi connectivity index (χ2v) is 9.47. The smallest absolute Gasteiger partial charge is 0.244 e. The number of hydrogen-bond acceptors (Lipinski definition) is 7. The first-order valence-corrected chi connectivity index (χ1v) is 12.7. The Hall–Kier alpha value is -3.85. The largest absolute Gasteiger partial charge is 0.494 e. The molecule has 8 nitrogen and oxygen atoms in total.